The normalized spacial score (nSPS) is 11.3. The van der Waals surface area contributed by atoms with E-state index in [-0.39, 0.29) is 35.9 Å². The van der Waals surface area contributed by atoms with Crippen LogP contribution in [0.4, 0.5) is 23.3 Å². The number of fused-ring (bicyclic) bond motifs is 2. The van der Waals surface area contributed by atoms with E-state index in [2.05, 4.69) is 19.9 Å². The molecule has 2 aromatic heterocycles. The lowest BCUT2D eigenvalue weighted by molar-refractivity contribution is 0.820. The Bertz CT molecular complexity index is 1430. The highest BCUT2D eigenvalue weighted by Crippen LogP contribution is 2.46. The van der Waals surface area contributed by atoms with Crippen molar-refractivity contribution >= 4 is 23.3 Å². The summed E-state index contributed by atoms with van der Waals surface area (Å²) in [5, 5.41) is 38.5. The summed E-state index contributed by atoms with van der Waals surface area (Å²) in [6.07, 6.45) is 0. The van der Waals surface area contributed by atoms with Crippen LogP contribution in [-0.2, 0) is 13.1 Å². The molecule has 1 aliphatic rings. The average Bonchev–Trinajstić information content (AvgIpc) is 2.94. The van der Waals surface area contributed by atoms with Crippen LogP contribution in [0.1, 0.15) is 33.9 Å². The second-order valence-corrected chi connectivity index (χ2v) is 7.73. The first-order chi connectivity index (χ1) is 17.7. The van der Waals surface area contributed by atoms with Crippen molar-refractivity contribution in [3.8, 4) is 24.3 Å². The van der Waals surface area contributed by atoms with Gasteiger partial charge in [-0.15, -0.1) is 0 Å². The Labute approximate surface area is 206 Å². The Hall–Kier alpha value is -5.84. The first-order valence-corrected chi connectivity index (χ1v) is 10.7. The minimum absolute atomic E-state index is 0.125. The molecule has 2 aromatic carbocycles. The maximum Gasteiger partial charge on any atom is 0.179 e. The second-order valence-electron chi connectivity index (χ2n) is 7.73. The van der Waals surface area contributed by atoms with Crippen LogP contribution in [0.3, 0.4) is 0 Å². The van der Waals surface area contributed by atoms with Crippen molar-refractivity contribution in [1.82, 2.24) is 19.9 Å². The summed E-state index contributed by atoms with van der Waals surface area (Å²) < 4.78 is 0. The van der Waals surface area contributed by atoms with E-state index in [1.54, 1.807) is 9.80 Å². The Morgan fingerprint density at radius 2 is 0.750 bits per heavy atom. The standard InChI is InChI=1S/C26H14N10/c27-11-19-21(13-29)33-25-23(31-19)35(15-17-7-3-1-4-8-17)24-26(34-22(14-30)20(12-28)32-24)36(25)16-18-9-5-2-6-10-18/h1-10H,15-16H2. The highest BCUT2D eigenvalue weighted by molar-refractivity contribution is 5.87. The van der Waals surface area contributed by atoms with E-state index < -0.39 is 0 Å². The molecule has 0 atom stereocenters. The van der Waals surface area contributed by atoms with Gasteiger partial charge in [-0.2, -0.15) is 21.0 Å². The molecule has 168 valence electrons. The predicted octanol–water partition coefficient (Wildman–Crippen LogP) is 3.74. The zero-order valence-corrected chi connectivity index (χ0v) is 18.7. The maximum atomic E-state index is 9.63. The Morgan fingerprint density at radius 3 is 1.00 bits per heavy atom. The van der Waals surface area contributed by atoms with Gasteiger partial charge in [0.1, 0.15) is 24.3 Å². The summed E-state index contributed by atoms with van der Waals surface area (Å²) in [6, 6.07) is 26.8. The second kappa shape index (κ2) is 9.19. The molecule has 0 aliphatic carbocycles. The average molecular weight is 466 g/mol. The van der Waals surface area contributed by atoms with Crippen LogP contribution in [0, 0.1) is 45.3 Å². The van der Waals surface area contributed by atoms with Crippen LogP contribution < -0.4 is 9.80 Å². The van der Waals surface area contributed by atoms with Crippen molar-refractivity contribution in [2.75, 3.05) is 9.80 Å². The number of rotatable bonds is 4. The first kappa shape index (κ1) is 22.0. The molecule has 10 heteroatoms. The third-order valence-corrected chi connectivity index (χ3v) is 5.53. The molecule has 0 amide bonds. The molecule has 0 radical (unpaired) electrons. The van der Waals surface area contributed by atoms with Crippen molar-refractivity contribution in [2.24, 2.45) is 0 Å². The van der Waals surface area contributed by atoms with E-state index in [4.69, 9.17) is 0 Å². The zero-order chi connectivity index (χ0) is 25.1. The number of anilines is 4. The summed E-state index contributed by atoms with van der Waals surface area (Å²) in [4.78, 5) is 21.4. The fourth-order valence-corrected chi connectivity index (χ4v) is 3.90. The van der Waals surface area contributed by atoms with Crippen LogP contribution >= 0.6 is 0 Å². The van der Waals surface area contributed by atoms with Crippen molar-refractivity contribution in [2.45, 2.75) is 13.1 Å². The SMILES string of the molecule is N#Cc1nc2c(nc1C#N)N(Cc1ccccc1)c1nc(C#N)c(C#N)nc1N2Cc1ccccc1. The van der Waals surface area contributed by atoms with E-state index >= 15 is 0 Å². The Balaban J connectivity index is 1.80. The molecular weight excluding hydrogens is 452 g/mol. The number of benzene rings is 2. The molecular formula is C26H14N10. The topological polar surface area (TPSA) is 153 Å². The van der Waals surface area contributed by atoms with Gasteiger partial charge in [0, 0.05) is 0 Å². The fraction of sp³-hybridized carbons (Fsp3) is 0.0769. The largest absolute Gasteiger partial charge is 0.300 e. The fourth-order valence-electron chi connectivity index (χ4n) is 3.90. The van der Waals surface area contributed by atoms with Gasteiger partial charge < -0.3 is 9.80 Å². The molecule has 0 saturated carbocycles. The highest BCUT2D eigenvalue weighted by Gasteiger charge is 2.36. The molecule has 0 unspecified atom stereocenters. The lowest BCUT2D eigenvalue weighted by Gasteiger charge is -2.36. The smallest absolute Gasteiger partial charge is 0.179 e. The van der Waals surface area contributed by atoms with Gasteiger partial charge >= 0.3 is 0 Å². The summed E-state index contributed by atoms with van der Waals surface area (Å²) in [5.41, 5.74) is 1.30. The van der Waals surface area contributed by atoms with Gasteiger partial charge in [-0.3, -0.25) is 0 Å². The van der Waals surface area contributed by atoms with Crippen LogP contribution in [0.2, 0.25) is 0 Å². The third-order valence-electron chi connectivity index (χ3n) is 5.53. The molecule has 36 heavy (non-hydrogen) atoms. The summed E-state index contributed by atoms with van der Waals surface area (Å²) in [7, 11) is 0. The Kier molecular flexibility index (Phi) is 5.61. The lowest BCUT2D eigenvalue weighted by Crippen LogP contribution is -2.33. The first-order valence-electron chi connectivity index (χ1n) is 10.7. The molecule has 0 fully saturated rings. The number of hydrogen-bond acceptors (Lipinski definition) is 10. The van der Waals surface area contributed by atoms with Gasteiger partial charge in [-0.05, 0) is 11.1 Å². The van der Waals surface area contributed by atoms with E-state index in [1.165, 1.54) is 0 Å². The summed E-state index contributed by atoms with van der Waals surface area (Å²) >= 11 is 0. The highest BCUT2D eigenvalue weighted by atomic mass is 15.4. The van der Waals surface area contributed by atoms with Crippen LogP contribution in [0.15, 0.2) is 60.7 Å². The third kappa shape index (κ3) is 3.78. The molecule has 4 aromatic rings. The van der Waals surface area contributed by atoms with Gasteiger partial charge in [-0.1, -0.05) is 60.7 Å². The lowest BCUT2D eigenvalue weighted by atomic mass is 10.1. The van der Waals surface area contributed by atoms with Crippen LogP contribution in [0.25, 0.3) is 0 Å². The number of nitrogens with zero attached hydrogens (tertiary/aromatic N) is 10. The van der Waals surface area contributed by atoms with Gasteiger partial charge in [0.05, 0.1) is 13.1 Å². The Morgan fingerprint density at radius 1 is 0.472 bits per heavy atom. The van der Waals surface area contributed by atoms with Crippen molar-refractivity contribution in [3.05, 3.63) is 94.6 Å². The van der Waals surface area contributed by atoms with Gasteiger partial charge in [0.15, 0.2) is 46.0 Å². The quantitative estimate of drug-likeness (QED) is 0.434. The van der Waals surface area contributed by atoms with E-state index in [0.717, 1.165) is 11.1 Å². The molecule has 10 nitrogen and oxygen atoms in total. The maximum absolute atomic E-state index is 9.63. The van der Waals surface area contributed by atoms with Gasteiger partial charge in [0.2, 0.25) is 0 Å². The molecule has 0 N–H and O–H groups in total. The van der Waals surface area contributed by atoms with Gasteiger partial charge in [-0.25, -0.2) is 19.9 Å². The number of nitriles is 4. The number of hydrogen-bond donors (Lipinski definition) is 0. The van der Waals surface area contributed by atoms with Crippen molar-refractivity contribution in [1.29, 1.82) is 21.0 Å². The summed E-state index contributed by atoms with van der Waals surface area (Å²) in [6.45, 7) is 0.549. The summed E-state index contributed by atoms with van der Waals surface area (Å²) in [5.74, 6) is 1.17. The zero-order valence-electron chi connectivity index (χ0n) is 18.7. The molecule has 0 saturated heterocycles. The van der Waals surface area contributed by atoms with Crippen LogP contribution in [0.5, 0.6) is 0 Å². The molecule has 0 bridgehead atoms. The molecule has 0 spiro atoms. The molecule has 3 heterocycles. The minimum Gasteiger partial charge on any atom is -0.300 e. The van der Waals surface area contributed by atoms with Crippen LogP contribution in [-0.4, -0.2) is 19.9 Å². The van der Waals surface area contributed by atoms with E-state index in [0.29, 0.717) is 23.3 Å². The monoisotopic (exact) mass is 466 g/mol. The predicted molar refractivity (Wildman–Crippen MR) is 127 cm³/mol. The van der Waals surface area contributed by atoms with Gasteiger partial charge in [0.25, 0.3) is 0 Å². The van der Waals surface area contributed by atoms with Crippen molar-refractivity contribution in [3.63, 3.8) is 0 Å². The number of aromatic nitrogens is 4. The molecule has 5 rings (SSSR count). The minimum atomic E-state index is -0.125. The molecule has 1 aliphatic heterocycles. The van der Waals surface area contributed by atoms with Crippen molar-refractivity contribution < 1.29 is 0 Å². The van der Waals surface area contributed by atoms with E-state index in [9.17, 15) is 21.0 Å². The van der Waals surface area contributed by atoms with E-state index in [1.807, 2.05) is 84.9 Å².